The van der Waals surface area contributed by atoms with Crippen LogP contribution < -0.4 is 10.5 Å². The Morgan fingerprint density at radius 1 is 1.15 bits per heavy atom. The van der Waals surface area contributed by atoms with Crippen LogP contribution in [-0.2, 0) is 11.2 Å². The van der Waals surface area contributed by atoms with Gasteiger partial charge in [0.15, 0.2) is 11.6 Å². The van der Waals surface area contributed by atoms with Crippen molar-refractivity contribution in [3.63, 3.8) is 0 Å². The summed E-state index contributed by atoms with van der Waals surface area (Å²) in [4.78, 5) is 25.2. The number of non-ortho nitro benzene ring substituents is 1. The van der Waals surface area contributed by atoms with Crippen molar-refractivity contribution in [1.82, 2.24) is 4.98 Å². The fourth-order valence-corrected chi connectivity index (χ4v) is 2.44. The minimum absolute atomic E-state index is 0.130. The molecular formula is C19H14FN3O4. The summed E-state index contributed by atoms with van der Waals surface area (Å²) in [5.41, 5.74) is 6.96. The van der Waals surface area contributed by atoms with E-state index in [1.807, 2.05) is 0 Å². The molecule has 0 saturated heterocycles. The number of aromatic nitrogens is 1. The van der Waals surface area contributed by atoms with Gasteiger partial charge in [-0.3, -0.25) is 19.9 Å². The average Bonchev–Trinajstić information content (AvgIpc) is 2.63. The number of nitro groups is 1. The molecule has 1 amide bonds. The fraction of sp³-hybridized carbons (Fsp3) is 0.0526. The van der Waals surface area contributed by atoms with Gasteiger partial charge in [-0.05, 0) is 17.7 Å². The normalized spacial score (nSPS) is 10.4. The number of primary amides is 1. The first-order valence-electron chi connectivity index (χ1n) is 7.88. The van der Waals surface area contributed by atoms with Gasteiger partial charge < -0.3 is 10.5 Å². The number of pyridine rings is 1. The second-order valence-corrected chi connectivity index (χ2v) is 5.69. The minimum Gasteiger partial charge on any atom is -0.454 e. The molecule has 0 bridgehead atoms. The Labute approximate surface area is 153 Å². The molecule has 0 spiro atoms. The highest BCUT2D eigenvalue weighted by molar-refractivity contribution is 5.76. The molecule has 1 aromatic heterocycles. The number of amides is 1. The van der Waals surface area contributed by atoms with Gasteiger partial charge in [0.25, 0.3) is 5.69 Å². The van der Waals surface area contributed by atoms with Crippen LogP contribution in [0.3, 0.4) is 0 Å². The van der Waals surface area contributed by atoms with E-state index in [9.17, 15) is 19.3 Å². The number of nitrogens with zero attached hydrogens (tertiary/aromatic N) is 2. The van der Waals surface area contributed by atoms with Gasteiger partial charge in [-0.2, -0.15) is 0 Å². The number of nitrogens with two attached hydrogens (primary N) is 1. The van der Waals surface area contributed by atoms with E-state index in [4.69, 9.17) is 10.5 Å². The van der Waals surface area contributed by atoms with E-state index >= 15 is 0 Å². The molecule has 8 heteroatoms. The number of carbonyl (C=O) groups is 1. The molecule has 3 rings (SSSR count). The highest BCUT2D eigenvalue weighted by atomic mass is 19.1. The third-order valence-electron chi connectivity index (χ3n) is 3.71. The number of hydrogen-bond acceptors (Lipinski definition) is 5. The van der Waals surface area contributed by atoms with Crippen LogP contribution in [0.25, 0.3) is 11.3 Å². The van der Waals surface area contributed by atoms with E-state index < -0.39 is 16.6 Å². The zero-order valence-electron chi connectivity index (χ0n) is 14.0. The molecule has 0 unspecified atom stereocenters. The lowest BCUT2D eigenvalue weighted by Gasteiger charge is -2.08. The zero-order valence-corrected chi connectivity index (χ0v) is 14.0. The Morgan fingerprint density at radius 3 is 2.52 bits per heavy atom. The van der Waals surface area contributed by atoms with Gasteiger partial charge >= 0.3 is 0 Å². The quantitative estimate of drug-likeness (QED) is 0.529. The number of nitro benzene ring substituents is 1. The lowest BCUT2D eigenvalue weighted by Crippen LogP contribution is -2.13. The second kappa shape index (κ2) is 7.61. The predicted molar refractivity (Wildman–Crippen MR) is 95.7 cm³/mol. The second-order valence-electron chi connectivity index (χ2n) is 5.69. The summed E-state index contributed by atoms with van der Waals surface area (Å²) in [6.45, 7) is 0. The van der Waals surface area contributed by atoms with Crippen molar-refractivity contribution in [2.24, 2.45) is 5.73 Å². The van der Waals surface area contributed by atoms with E-state index in [2.05, 4.69) is 4.98 Å². The lowest BCUT2D eigenvalue weighted by atomic mass is 10.1. The van der Waals surface area contributed by atoms with Gasteiger partial charge in [-0.1, -0.05) is 24.3 Å². The van der Waals surface area contributed by atoms with Gasteiger partial charge in [0.1, 0.15) is 5.75 Å². The van der Waals surface area contributed by atoms with E-state index in [0.29, 0.717) is 11.4 Å². The summed E-state index contributed by atoms with van der Waals surface area (Å²) in [7, 11) is 0. The van der Waals surface area contributed by atoms with Crippen molar-refractivity contribution >= 4 is 11.6 Å². The van der Waals surface area contributed by atoms with Crippen molar-refractivity contribution in [1.29, 1.82) is 0 Å². The molecule has 2 N–H and O–H groups in total. The van der Waals surface area contributed by atoms with E-state index in [1.54, 1.807) is 36.4 Å². The van der Waals surface area contributed by atoms with Crippen LogP contribution in [0.15, 0.2) is 60.8 Å². The van der Waals surface area contributed by atoms with Crippen LogP contribution in [-0.4, -0.2) is 15.8 Å². The van der Waals surface area contributed by atoms with Gasteiger partial charge in [-0.15, -0.1) is 0 Å². The third kappa shape index (κ3) is 4.43. The topological polar surface area (TPSA) is 108 Å². The molecule has 0 atom stereocenters. The molecule has 1 heterocycles. The third-order valence-corrected chi connectivity index (χ3v) is 3.71. The van der Waals surface area contributed by atoms with E-state index in [1.165, 1.54) is 12.3 Å². The molecule has 136 valence electrons. The Kier molecular flexibility index (Phi) is 5.07. The van der Waals surface area contributed by atoms with Crippen LogP contribution in [0, 0.1) is 15.9 Å². The first-order valence-corrected chi connectivity index (χ1v) is 7.88. The first kappa shape index (κ1) is 18.0. The average molecular weight is 367 g/mol. The molecule has 0 aliphatic rings. The molecule has 7 nitrogen and oxygen atoms in total. The first-order chi connectivity index (χ1) is 12.9. The summed E-state index contributed by atoms with van der Waals surface area (Å²) in [6.07, 6.45) is 1.65. The smallest absolute Gasteiger partial charge is 0.272 e. The number of carbonyl (C=O) groups excluding carboxylic acids is 1. The molecular weight excluding hydrogens is 353 g/mol. The molecule has 27 heavy (non-hydrogen) atoms. The van der Waals surface area contributed by atoms with Crippen molar-refractivity contribution in [2.45, 2.75) is 6.42 Å². The summed E-state index contributed by atoms with van der Waals surface area (Å²) < 4.78 is 19.5. The molecule has 0 fully saturated rings. The van der Waals surface area contributed by atoms with Crippen molar-refractivity contribution < 1.29 is 18.8 Å². The largest absolute Gasteiger partial charge is 0.454 e. The maximum Gasteiger partial charge on any atom is 0.272 e. The molecule has 2 aromatic carbocycles. The van der Waals surface area contributed by atoms with Gasteiger partial charge in [0.2, 0.25) is 5.91 Å². The van der Waals surface area contributed by atoms with Crippen LogP contribution in [0.2, 0.25) is 0 Å². The summed E-state index contributed by atoms with van der Waals surface area (Å²) in [5, 5.41) is 10.7. The number of halogens is 1. The maximum atomic E-state index is 14.0. The molecule has 0 saturated carbocycles. The Bertz CT molecular complexity index is 1010. The van der Waals surface area contributed by atoms with Gasteiger partial charge in [0.05, 0.1) is 23.1 Å². The van der Waals surface area contributed by atoms with Crippen molar-refractivity contribution in [2.75, 3.05) is 0 Å². The predicted octanol–water partition coefficient (Wildman–Crippen LogP) is 3.62. The number of hydrogen-bond donors (Lipinski definition) is 1. The monoisotopic (exact) mass is 367 g/mol. The standard InChI is InChI=1S/C19H14FN3O4/c20-16-10-14(23(25)26)5-6-18(16)27-15-7-8-22-17(11-15)13-3-1-12(2-4-13)9-19(21)24/h1-8,10-11H,9H2,(H2,21,24). The number of rotatable bonds is 6. The minimum atomic E-state index is -0.835. The van der Waals surface area contributed by atoms with Crippen LogP contribution in [0.5, 0.6) is 11.5 Å². The molecule has 3 aromatic rings. The van der Waals surface area contributed by atoms with Gasteiger partial charge in [-0.25, -0.2) is 4.39 Å². The Morgan fingerprint density at radius 2 is 1.89 bits per heavy atom. The van der Waals surface area contributed by atoms with Crippen molar-refractivity contribution in [3.8, 4) is 22.8 Å². The number of ether oxygens (including phenoxy) is 1. The van der Waals surface area contributed by atoms with Crippen molar-refractivity contribution in [3.05, 3.63) is 82.3 Å². The summed E-state index contributed by atoms with van der Waals surface area (Å²) in [5.74, 6) is -1.05. The number of benzene rings is 2. The van der Waals surface area contributed by atoms with Crippen LogP contribution in [0.4, 0.5) is 10.1 Å². The van der Waals surface area contributed by atoms with Crippen LogP contribution in [0.1, 0.15) is 5.56 Å². The summed E-state index contributed by atoms with van der Waals surface area (Å²) >= 11 is 0. The summed E-state index contributed by atoms with van der Waals surface area (Å²) in [6, 6.07) is 13.4. The van der Waals surface area contributed by atoms with Crippen LogP contribution >= 0.6 is 0 Å². The molecule has 0 aliphatic carbocycles. The maximum absolute atomic E-state index is 14.0. The van der Waals surface area contributed by atoms with E-state index in [0.717, 1.165) is 23.3 Å². The zero-order chi connectivity index (χ0) is 19.4. The Balaban J connectivity index is 1.81. The van der Waals surface area contributed by atoms with E-state index in [-0.39, 0.29) is 17.9 Å². The van der Waals surface area contributed by atoms with Gasteiger partial charge in [0, 0.05) is 23.9 Å². The fourth-order valence-electron chi connectivity index (χ4n) is 2.44. The lowest BCUT2D eigenvalue weighted by molar-refractivity contribution is -0.385. The molecule has 0 aliphatic heterocycles. The molecule has 0 radical (unpaired) electrons. The SMILES string of the molecule is NC(=O)Cc1ccc(-c2cc(Oc3ccc([N+](=O)[O-])cc3F)ccn2)cc1. The Hall–Kier alpha value is -3.81. The highest BCUT2D eigenvalue weighted by Crippen LogP contribution is 2.29. The highest BCUT2D eigenvalue weighted by Gasteiger charge is 2.13.